The topological polar surface area (TPSA) is 102 Å². The number of anilines is 2. The van der Waals surface area contributed by atoms with E-state index in [1.807, 2.05) is 0 Å². The number of nitrogens with zero attached hydrogens (tertiary/aromatic N) is 1. The molecule has 1 atom stereocenters. The molecule has 0 saturated heterocycles. The highest BCUT2D eigenvalue weighted by molar-refractivity contribution is 6.68. The van der Waals surface area contributed by atoms with Crippen LogP contribution in [0.5, 0.6) is 0 Å². The molecule has 2 amide bonds. The Labute approximate surface area is 180 Å². The van der Waals surface area contributed by atoms with Gasteiger partial charge in [0.05, 0.1) is 11.7 Å². The van der Waals surface area contributed by atoms with Crippen LogP contribution in [-0.2, 0) is 5.21 Å². The Hall–Kier alpha value is -1.74. The standard InChI is InChI=1S/C17H14Cl4N3O4/c18-11-3-5-12(6-4-11)22-16(26)23-15(17(19,20)21)9-14(25)10-1-7-13(8-2-10)24(27)28/h1-8,15,27H,9H2,(H2,22,23,26). The SMILES string of the molecule is [O]N(O)c1ccc(C(=O)CC(NC(=O)Nc2ccc(Cl)cc2)C(Cl)(Cl)Cl)cc1. The van der Waals surface area contributed by atoms with E-state index in [4.69, 9.17) is 51.6 Å². The molecule has 3 N–H and O–H groups in total. The number of rotatable bonds is 6. The van der Waals surface area contributed by atoms with Crippen LogP contribution in [0.2, 0.25) is 5.02 Å². The first kappa shape index (κ1) is 22.5. The lowest BCUT2D eigenvalue weighted by molar-refractivity contribution is -0.0268. The second-order valence-electron chi connectivity index (χ2n) is 5.65. The molecule has 0 saturated carbocycles. The van der Waals surface area contributed by atoms with Crippen molar-refractivity contribution in [1.29, 1.82) is 0 Å². The molecule has 7 nitrogen and oxygen atoms in total. The molecule has 0 aliphatic heterocycles. The lowest BCUT2D eigenvalue weighted by Crippen LogP contribution is -2.46. The third-order valence-corrected chi connectivity index (χ3v) is 4.64. The van der Waals surface area contributed by atoms with Crippen molar-refractivity contribution >= 4 is 69.6 Å². The van der Waals surface area contributed by atoms with Crippen molar-refractivity contribution in [2.45, 2.75) is 16.3 Å². The number of nitrogens with one attached hydrogen (secondary N) is 2. The van der Waals surface area contributed by atoms with Gasteiger partial charge in [0.15, 0.2) is 5.78 Å². The van der Waals surface area contributed by atoms with Crippen molar-refractivity contribution in [2.75, 3.05) is 10.5 Å². The number of urea groups is 1. The quantitative estimate of drug-likeness (QED) is 0.317. The van der Waals surface area contributed by atoms with Crippen LogP contribution in [-0.4, -0.2) is 26.9 Å². The summed E-state index contributed by atoms with van der Waals surface area (Å²) in [6.45, 7) is 0. The van der Waals surface area contributed by atoms with E-state index in [9.17, 15) is 14.8 Å². The summed E-state index contributed by atoms with van der Waals surface area (Å²) >= 11 is 23.5. The predicted octanol–water partition coefficient (Wildman–Crippen LogP) is 5.01. The summed E-state index contributed by atoms with van der Waals surface area (Å²) in [7, 11) is 0. The molecular weight excluding hydrogens is 452 g/mol. The van der Waals surface area contributed by atoms with E-state index in [1.54, 1.807) is 24.3 Å². The molecular formula is C17H14Cl4N3O4. The second-order valence-corrected chi connectivity index (χ2v) is 8.45. The molecule has 2 aromatic rings. The summed E-state index contributed by atoms with van der Waals surface area (Å²) in [5, 5.41) is 24.8. The zero-order chi connectivity index (χ0) is 20.9. The first-order valence-corrected chi connectivity index (χ1v) is 9.26. The normalized spacial score (nSPS) is 12.2. The van der Waals surface area contributed by atoms with Crippen molar-refractivity contribution in [1.82, 2.24) is 5.32 Å². The largest absolute Gasteiger partial charge is 0.330 e. The van der Waals surface area contributed by atoms with Crippen molar-refractivity contribution in [3.05, 3.63) is 59.1 Å². The highest BCUT2D eigenvalue weighted by Crippen LogP contribution is 2.33. The number of carbonyl (C=O) groups is 2. The van der Waals surface area contributed by atoms with Gasteiger partial charge < -0.3 is 10.6 Å². The molecule has 2 aromatic carbocycles. The maximum atomic E-state index is 12.4. The van der Waals surface area contributed by atoms with Crippen LogP contribution in [0.3, 0.4) is 0 Å². The molecule has 1 radical (unpaired) electrons. The molecule has 11 heteroatoms. The fraction of sp³-hybridized carbons (Fsp3) is 0.176. The highest BCUT2D eigenvalue weighted by Gasteiger charge is 2.35. The van der Waals surface area contributed by atoms with E-state index < -0.39 is 21.6 Å². The summed E-state index contributed by atoms with van der Waals surface area (Å²) in [6.07, 6.45) is -0.315. The van der Waals surface area contributed by atoms with Crippen molar-refractivity contribution in [3.8, 4) is 0 Å². The molecule has 28 heavy (non-hydrogen) atoms. The highest BCUT2D eigenvalue weighted by atomic mass is 35.6. The number of hydrogen-bond donors (Lipinski definition) is 3. The minimum absolute atomic E-state index is 0.0463. The maximum absolute atomic E-state index is 12.4. The molecule has 0 aromatic heterocycles. The fourth-order valence-electron chi connectivity index (χ4n) is 2.19. The van der Waals surface area contributed by atoms with Gasteiger partial charge in [-0.05, 0) is 48.5 Å². The van der Waals surface area contributed by atoms with Crippen molar-refractivity contribution in [2.24, 2.45) is 0 Å². The van der Waals surface area contributed by atoms with Crippen LogP contribution in [0.1, 0.15) is 16.8 Å². The Morgan fingerprint density at radius 2 is 1.61 bits per heavy atom. The van der Waals surface area contributed by atoms with Gasteiger partial charge in [-0.3, -0.25) is 10.0 Å². The van der Waals surface area contributed by atoms with Crippen molar-refractivity contribution in [3.63, 3.8) is 0 Å². The van der Waals surface area contributed by atoms with Gasteiger partial charge in [-0.2, -0.15) is 0 Å². The minimum atomic E-state index is -1.95. The predicted molar refractivity (Wildman–Crippen MR) is 108 cm³/mol. The van der Waals surface area contributed by atoms with E-state index in [-0.39, 0.29) is 22.9 Å². The van der Waals surface area contributed by atoms with Gasteiger partial charge in [0.2, 0.25) is 3.79 Å². The van der Waals surface area contributed by atoms with Crippen LogP contribution in [0, 0.1) is 0 Å². The Morgan fingerprint density at radius 3 is 2.11 bits per heavy atom. The lowest BCUT2D eigenvalue weighted by Gasteiger charge is -2.25. The number of carbonyl (C=O) groups excluding carboxylic acids is 2. The molecule has 1 unspecified atom stereocenters. The van der Waals surface area contributed by atoms with E-state index in [0.717, 1.165) is 0 Å². The number of benzene rings is 2. The summed E-state index contributed by atoms with van der Waals surface area (Å²) in [5.41, 5.74) is 0.623. The Balaban J connectivity index is 2.05. The lowest BCUT2D eigenvalue weighted by atomic mass is 10.0. The van der Waals surface area contributed by atoms with Gasteiger partial charge in [-0.15, -0.1) is 0 Å². The second kappa shape index (κ2) is 9.65. The summed E-state index contributed by atoms with van der Waals surface area (Å²) in [6, 6.07) is 9.72. The van der Waals surface area contributed by atoms with Crippen LogP contribution in [0.15, 0.2) is 48.5 Å². The third kappa shape index (κ3) is 6.70. The fourth-order valence-corrected chi connectivity index (χ4v) is 2.71. The number of hydrogen-bond acceptors (Lipinski definition) is 4. The molecule has 0 aliphatic rings. The molecule has 2 rings (SSSR count). The Morgan fingerprint density at radius 1 is 1.04 bits per heavy atom. The number of halogens is 4. The molecule has 0 spiro atoms. The van der Waals surface area contributed by atoms with Gasteiger partial charge >= 0.3 is 6.03 Å². The van der Waals surface area contributed by atoms with Crippen LogP contribution >= 0.6 is 46.4 Å². The van der Waals surface area contributed by atoms with E-state index in [2.05, 4.69) is 10.6 Å². The number of ketones is 1. The first-order chi connectivity index (χ1) is 13.1. The number of alkyl halides is 3. The maximum Gasteiger partial charge on any atom is 0.319 e. The molecule has 0 heterocycles. The van der Waals surface area contributed by atoms with E-state index in [1.165, 1.54) is 24.3 Å². The molecule has 0 fully saturated rings. The summed E-state index contributed by atoms with van der Waals surface area (Å²) in [4.78, 5) is 24.6. The summed E-state index contributed by atoms with van der Waals surface area (Å²) < 4.78 is -1.95. The number of amides is 2. The van der Waals surface area contributed by atoms with Crippen LogP contribution in [0.25, 0.3) is 0 Å². The Kier molecular flexibility index (Phi) is 7.77. The van der Waals surface area contributed by atoms with E-state index >= 15 is 0 Å². The average molecular weight is 466 g/mol. The Bertz CT molecular complexity index is 824. The van der Waals surface area contributed by atoms with Gasteiger partial charge in [-0.1, -0.05) is 56.8 Å². The summed E-state index contributed by atoms with van der Waals surface area (Å²) in [5.74, 6) is -0.440. The van der Waals surface area contributed by atoms with Crippen molar-refractivity contribution < 1.29 is 20.0 Å². The van der Waals surface area contributed by atoms with Crippen LogP contribution < -0.4 is 15.9 Å². The zero-order valence-electron chi connectivity index (χ0n) is 14.0. The van der Waals surface area contributed by atoms with Gasteiger partial charge in [0.25, 0.3) is 0 Å². The van der Waals surface area contributed by atoms with Gasteiger partial charge in [-0.25, -0.2) is 4.79 Å². The molecule has 0 aliphatic carbocycles. The van der Waals surface area contributed by atoms with E-state index in [0.29, 0.717) is 10.7 Å². The average Bonchev–Trinajstić information content (AvgIpc) is 2.62. The van der Waals surface area contributed by atoms with Crippen LogP contribution in [0.4, 0.5) is 16.2 Å². The monoisotopic (exact) mass is 464 g/mol. The number of Topliss-reactive ketones (excluding diaryl/α,β-unsaturated/α-hetero) is 1. The zero-order valence-corrected chi connectivity index (χ0v) is 17.1. The van der Waals surface area contributed by atoms with Gasteiger partial charge in [0.1, 0.15) is 0 Å². The first-order valence-electron chi connectivity index (χ1n) is 7.75. The minimum Gasteiger partial charge on any atom is -0.330 e. The van der Waals surface area contributed by atoms with Gasteiger partial charge in [0, 0.05) is 22.7 Å². The molecule has 0 bridgehead atoms. The molecule has 149 valence electrons. The smallest absolute Gasteiger partial charge is 0.319 e. The third-order valence-electron chi connectivity index (χ3n) is 3.60.